The molecule has 0 bridgehead atoms. The second-order valence-electron chi connectivity index (χ2n) is 5.15. The quantitative estimate of drug-likeness (QED) is 0.557. The zero-order chi connectivity index (χ0) is 18.1. The number of likely N-dealkylation sites (N-methyl/N-ethyl adjacent to an activating group) is 1. The smallest absolute Gasteiger partial charge is 0.342 e. The van der Waals surface area contributed by atoms with Crippen LogP contribution < -0.4 is 10.1 Å². The van der Waals surface area contributed by atoms with Crippen LogP contribution in [0.25, 0.3) is 0 Å². The molecule has 0 atom stereocenters. The van der Waals surface area contributed by atoms with Crippen molar-refractivity contribution >= 4 is 35.9 Å². The van der Waals surface area contributed by atoms with E-state index < -0.39 is 11.9 Å². The summed E-state index contributed by atoms with van der Waals surface area (Å²) < 4.78 is 10.3. The predicted molar refractivity (Wildman–Crippen MR) is 97.4 cm³/mol. The molecule has 0 fully saturated rings. The van der Waals surface area contributed by atoms with Crippen LogP contribution in [0.5, 0.6) is 5.75 Å². The van der Waals surface area contributed by atoms with E-state index in [9.17, 15) is 14.4 Å². The average molecular weight is 373 g/mol. The molecule has 0 unspecified atom stereocenters. The minimum Gasteiger partial charge on any atom is -0.461 e. The SMILES string of the molecule is CCN(CC)CCOC(=O)c1cc(NC(C)=O)ccc1OC(C)=O.Cl. The summed E-state index contributed by atoms with van der Waals surface area (Å²) in [6.07, 6.45) is 0. The van der Waals surface area contributed by atoms with Crippen molar-refractivity contribution in [1.82, 2.24) is 4.90 Å². The molecular formula is C17H25ClN2O5. The van der Waals surface area contributed by atoms with Crippen molar-refractivity contribution < 1.29 is 23.9 Å². The highest BCUT2D eigenvalue weighted by molar-refractivity contribution is 5.96. The Hall–Kier alpha value is -2.12. The van der Waals surface area contributed by atoms with Gasteiger partial charge in [0.1, 0.15) is 17.9 Å². The molecule has 0 spiro atoms. The lowest BCUT2D eigenvalue weighted by atomic mass is 10.1. The van der Waals surface area contributed by atoms with Gasteiger partial charge >= 0.3 is 11.9 Å². The molecule has 1 aromatic carbocycles. The number of benzene rings is 1. The summed E-state index contributed by atoms with van der Waals surface area (Å²) in [6.45, 7) is 9.24. The van der Waals surface area contributed by atoms with Crippen LogP contribution in [0.15, 0.2) is 18.2 Å². The molecule has 7 nitrogen and oxygen atoms in total. The Morgan fingerprint density at radius 3 is 2.28 bits per heavy atom. The summed E-state index contributed by atoms with van der Waals surface area (Å²) in [5, 5.41) is 2.58. The van der Waals surface area contributed by atoms with Gasteiger partial charge < -0.3 is 19.7 Å². The number of esters is 2. The standard InChI is InChI=1S/C17H24N2O5.ClH/c1-5-19(6-2)9-10-23-17(22)15-11-14(18-12(3)20)7-8-16(15)24-13(4)21;/h7-8,11H,5-6,9-10H2,1-4H3,(H,18,20);1H. The van der Waals surface area contributed by atoms with Gasteiger partial charge in [0.25, 0.3) is 0 Å². The number of halogens is 1. The molecule has 0 saturated carbocycles. The largest absolute Gasteiger partial charge is 0.461 e. The highest BCUT2D eigenvalue weighted by atomic mass is 35.5. The molecule has 0 saturated heterocycles. The number of rotatable bonds is 8. The zero-order valence-corrected chi connectivity index (χ0v) is 15.8. The summed E-state index contributed by atoms with van der Waals surface area (Å²) >= 11 is 0. The maximum absolute atomic E-state index is 12.3. The maximum Gasteiger partial charge on any atom is 0.342 e. The van der Waals surface area contributed by atoms with E-state index >= 15 is 0 Å². The summed E-state index contributed by atoms with van der Waals surface area (Å²) in [5.74, 6) is -1.31. The first-order chi connectivity index (χ1) is 11.4. The first-order valence-electron chi connectivity index (χ1n) is 7.86. The molecule has 25 heavy (non-hydrogen) atoms. The zero-order valence-electron chi connectivity index (χ0n) is 15.0. The van der Waals surface area contributed by atoms with E-state index in [2.05, 4.69) is 10.2 Å². The lowest BCUT2D eigenvalue weighted by Crippen LogP contribution is -2.28. The number of hydrogen-bond donors (Lipinski definition) is 1. The van der Waals surface area contributed by atoms with E-state index in [0.29, 0.717) is 12.2 Å². The third-order valence-electron chi connectivity index (χ3n) is 3.31. The van der Waals surface area contributed by atoms with Gasteiger partial charge in [0, 0.05) is 26.1 Å². The molecular weight excluding hydrogens is 348 g/mol. The number of carbonyl (C=O) groups is 3. The number of amides is 1. The molecule has 0 radical (unpaired) electrons. The molecule has 0 aliphatic rings. The van der Waals surface area contributed by atoms with Crippen molar-refractivity contribution in [3.63, 3.8) is 0 Å². The van der Waals surface area contributed by atoms with E-state index in [1.54, 1.807) is 6.07 Å². The molecule has 1 amide bonds. The third-order valence-corrected chi connectivity index (χ3v) is 3.31. The average Bonchev–Trinajstić information content (AvgIpc) is 2.52. The van der Waals surface area contributed by atoms with Crippen LogP contribution in [-0.2, 0) is 14.3 Å². The molecule has 0 aromatic heterocycles. The Labute approximate surface area is 154 Å². The van der Waals surface area contributed by atoms with Gasteiger partial charge in [0.05, 0.1) is 0 Å². The Balaban J connectivity index is 0.00000576. The van der Waals surface area contributed by atoms with Crippen molar-refractivity contribution in [1.29, 1.82) is 0 Å². The Morgan fingerprint density at radius 1 is 1.12 bits per heavy atom. The normalized spacial score (nSPS) is 9.96. The van der Waals surface area contributed by atoms with Crippen molar-refractivity contribution in [3.8, 4) is 5.75 Å². The lowest BCUT2D eigenvalue weighted by Gasteiger charge is -2.18. The number of nitrogens with one attached hydrogen (secondary N) is 1. The van der Waals surface area contributed by atoms with Gasteiger partial charge in [-0.05, 0) is 31.3 Å². The minimum absolute atomic E-state index is 0. The number of carbonyl (C=O) groups excluding carboxylic acids is 3. The van der Waals surface area contributed by atoms with E-state index in [-0.39, 0.29) is 36.2 Å². The molecule has 0 aliphatic carbocycles. The van der Waals surface area contributed by atoms with E-state index in [0.717, 1.165) is 13.1 Å². The topological polar surface area (TPSA) is 84.9 Å². The number of hydrogen-bond acceptors (Lipinski definition) is 6. The van der Waals surface area contributed by atoms with Crippen LogP contribution in [0.2, 0.25) is 0 Å². The van der Waals surface area contributed by atoms with Crippen LogP contribution in [0.3, 0.4) is 0 Å². The summed E-state index contributed by atoms with van der Waals surface area (Å²) in [7, 11) is 0. The number of nitrogens with zero attached hydrogens (tertiary/aromatic N) is 1. The van der Waals surface area contributed by atoms with E-state index in [1.165, 1.54) is 26.0 Å². The fraction of sp³-hybridized carbons (Fsp3) is 0.471. The van der Waals surface area contributed by atoms with Crippen LogP contribution in [-0.4, -0.2) is 49.0 Å². The van der Waals surface area contributed by atoms with Crippen LogP contribution >= 0.6 is 12.4 Å². The van der Waals surface area contributed by atoms with Gasteiger partial charge in [-0.2, -0.15) is 0 Å². The van der Waals surface area contributed by atoms with Gasteiger partial charge in [-0.15, -0.1) is 12.4 Å². The van der Waals surface area contributed by atoms with Crippen molar-refractivity contribution in [2.75, 3.05) is 31.6 Å². The maximum atomic E-state index is 12.3. The van der Waals surface area contributed by atoms with Crippen molar-refractivity contribution in [3.05, 3.63) is 23.8 Å². The molecule has 0 aliphatic heterocycles. The minimum atomic E-state index is -0.606. The van der Waals surface area contributed by atoms with Crippen LogP contribution in [0.4, 0.5) is 5.69 Å². The second-order valence-corrected chi connectivity index (χ2v) is 5.15. The highest BCUT2D eigenvalue weighted by Crippen LogP contribution is 2.24. The third kappa shape index (κ3) is 8.00. The van der Waals surface area contributed by atoms with E-state index in [1.807, 2.05) is 13.8 Å². The fourth-order valence-corrected chi connectivity index (χ4v) is 2.10. The molecule has 1 aromatic rings. The van der Waals surface area contributed by atoms with Crippen molar-refractivity contribution in [2.24, 2.45) is 0 Å². The molecule has 1 rings (SSSR count). The van der Waals surface area contributed by atoms with E-state index in [4.69, 9.17) is 9.47 Å². The second kappa shape index (κ2) is 11.4. The first-order valence-corrected chi connectivity index (χ1v) is 7.86. The first kappa shape index (κ1) is 22.9. The fourth-order valence-electron chi connectivity index (χ4n) is 2.10. The van der Waals surface area contributed by atoms with Gasteiger partial charge in [-0.1, -0.05) is 13.8 Å². The number of anilines is 1. The predicted octanol–water partition coefficient (Wildman–Crippen LogP) is 2.49. The molecule has 1 N–H and O–H groups in total. The van der Waals surface area contributed by atoms with Gasteiger partial charge in [-0.25, -0.2) is 4.79 Å². The lowest BCUT2D eigenvalue weighted by molar-refractivity contribution is -0.131. The Morgan fingerprint density at radius 2 is 1.76 bits per heavy atom. The Bertz CT molecular complexity index is 603. The molecule has 0 heterocycles. The van der Waals surface area contributed by atoms with Crippen LogP contribution in [0.1, 0.15) is 38.1 Å². The summed E-state index contributed by atoms with van der Waals surface area (Å²) in [6, 6.07) is 4.43. The van der Waals surface area contributed by atoms with Crippen molar-refractivity contribution in [2.45, 2.75) is 27.7 Å². The van der Waals surface area contributed by atoms with Gasteiger partial charge in [0.2, 0.25) is 5.91 Å². The number of ether oxygens (including phenoxy) is 2. The van der Waals surface area contributed by atoms with Gasteiger partial charge in [0.15, 0.2) is 0 Å². The Kier molecular flexibility index (Phi) is 10.5. The van der Waals surface area contributed by atoms with Crippen LogP contribution in [0, 0.1) is 0 Å². The monoisotopic (exact) mass is 372 g/mol. The summed E-state index contributed by atoms with van der Waals surface area (Å²) in [5.41, 5.74) is 0.519. The highest BCUT2D eigenvalue weighted by Gasteiger charge is 2.17. The molecule has 140 valence electrons. The molecule has 8 heteroatoms. The summed E-state index contributed by atoms with van der Waals surface area (Å²) in [4.78, 5) is 36.8. The van der Waals surface area contributed by atoms with Gasteiger partial charge in [-0.3, -0.25) is 9.59 Å².